The Kier molecular flexibility index (Phi) is 6.70. The fourth-order valence-electron chi connectivity index (χ4n) is 3.83. The first kappa shape index (κ1) is 21.1. The van der Waals surface area contributed by atoms with E-state index in [1.807, 2.05) is 0 Å². The average molecular weight is 407 g/mol. The minimum absolute atomic E-state index is 0. The molecule has 3 rings (SSSR count). The number of aryl methyl sites for hydroxylation is 2. The Morgan fingerprint density at radius 2 is 1.92 bits per heavy atom. The Hall–Kier alpha value is -1.16. The fourth-order valence-corrected chi connectivity index (χ4v) is 5.59. The third-order valence-electron chi connectivity index (χ3n) is 5.15. The predicted molar refractivity (Wildman–Crippen MR) is 98.5 cm³/mol. The number of hydrogen-bond acceptors (Lipinski definition) is 6. The fraction of sp³-hybridized carbons (Fsp3) is 0.750. The SMILES string of the molecule is Cc1noc(C)c1S(=O)(=O)N1CCCN(C(=O)C2CCC(N)C2)CC1.Cl. The maximum atomic E-state index is 12.9. The van der Waals surface area contributed by atoms with Gasteiger partial charge >= 0.3 is 0 Å². The maximum absolute atomic E-state index is 12.9. The second-order valence-electron chi connectivity index (χ2n) is 7.01. The molecule has 8 nitrogen and oxygen atoms in total. The van der Waals surface area contributed by atoms with Crippen molar-refractivity contribution in [1.29, 1.82) is 0 Å². The molecule has 1 aromatic rings. The van der Waals surface area contributed by atoms with Gasteiger partial charge < -0.3 is 15.2 Å². The summed E-state index contributed by atoms with van der Waals surface area (Å²) in [4.78, 5) is 14.6. The van der Waals surface area contributed by atoms with Crippen LogP contribution in [-0.2, 0) is 14.8 Å². The predicted octanol–water partition coefficient (Wildman–Crippen LogP) is 1.06. The van der Waals surface area contributed by atoms with Crippen LogP contribution in [0.4, 0.5) is 0 Å². The van der Waals surface area contributed by atoms with Gasteiger partial charge in [0.15, 0.2) is 5.76 Å². The van der Waals surface area contributed by atoms with Gasteiger partial charge in [0.25, 0.3) is 0 Å². The number of hydrogen-bond donors (Lipinski definition) is 1. The van der Waals surface area contributed by atoms with E-state index >= 15 is 0 Å². The van der Waals surface area contributed by atoms with Crippen molar-refractivity contribution >= 4 is 28.3 Å². The Morgan fingerprint density at radius 1 is 1.19 bits per heavy atom. The number of halogens is 1. The first-order valence-corrected chi connectivity index (χ1v) is 10.2. The van der Waals surface area contributed by atoms with Gasteiger partial charge in [-0.3, -0.25) is 4.79 Å². The number of nitrogens with zero attached hydrogens (tertiary/aromatic N) is 3. The molecule has 1 aliphatic carbocycles. The molecule has 26 heavy (non-hydrogen) atoms. The normalized spacial score (nSPS) is 25.0. The highest BCUT2D eigenvalue weighted by Gasteiger charge is 2.35. The highest BCUT2D eigenvalue weighted by molar-refractivity contribution is 7.89. The summed E-state index contributed by atoms with van der Waals surface area (Å²) in [6.45, 7) is 4.90. The van der Waals surface area contributed by atoms with E-state index in [4.69, 9.17) is 10.3 Å². The average Bonchev–Trinajstić information content (AvgIpc) is 3.03. The summed E-state index contributed by atoms with van der Waals surface area (Å²) in [6, 6.07) is 0.109. The van der Waals surface area contributed by atoms with Gasteiger partial charge in [-0.15, -0.1) is 12.4 Å². The molecule has 2 heterocycles. The lowest BCUT2D eigenvalue weighted by molar-refractivity contribution is -0.135. The van der Waals surface area contributed by atoms with Crippen molar-refractivity contribution in [1.82, 2.24) is 14.4 Å². The minimum atomic E-state index is -3.66. The van der Waals surface area contributed by atoms with Crippen LogP contribution in [0.2, 0.25) is 0 Å². The number of amides is 1. The lowest BCUT2D eigenvalue weighted by Gasteiger charge is -2.24. The van der Waals surface area contributed by atoms with E-state index in [-0.39, 0.29) is 41.7 Å². The molecule has 2 fully saturated rings. The summed E-state index contributed by atoms with van der Waals surface area (Å²) in [6.07, 6.45) is 3.07. The van der Waals surface area contributed by atoms with E-state index in [1.165, 1.54) is 4.31 Å². The van der Waals surface area contributed by atoms with Gasteiger partial charge in [-0.05, 0) is 39.5 Å². The lowest BCUT2D eigenvalue weighted by Crippen LogP contribution is -2.40. The molecule has 2 atom stereocenters. The zero-order chi connectivity index (χ0) is 18.2. The van der Waals surface area contributed by atoms with Crippen LogP contribution in [0.1, 0.15) is 37.1 Å². The Morgan fingerprint density at radius 3 is 2.50 bits per heavy atom. The maximum Gasteiger partial charge on any atom is 0.248 e. The van der Waals surface area contributed by atoms with Crippen molar-refractivity contribution in [2.24, 2.45) is 11.7 Å². The molecule has 1 amide bonds. The second kappa shape index (κ2) is 8.24. The van der Waals surface area contributed by atoms with Crippen molar-refractivity contribution in [3.63, 3.8) is 0 Å². The lowest BCUT2D eigenvalue weighted by atomic mass is 10.1. The molecule has 0 radical (unpaired) electrons. The zero-order valence-electron chi connectivity index (χ0n) is 15.2. The summed E-state index contributed by atoms with van der Waals surface area (Å²) in [5, 5.41) is 3.75. The zero-order valence-corrected chi connectivity index (χ0v) is 16.8. The molecule has 0 bridgehead atoms. The van der Waals surface area contributed by atoms with E-state index in [9.17, 15) is 13.2 Å². The molecule has 10 heteroatoms. The minimum Gasteiger partial charge on any atom is -0.360 e. The molecule has 1 aromatic heterocycles. The number of rotatable bonds is 3. The molecule has 2 aliphatic rings. The first-order valence-electron chi connectivity index (χ1n) is 8.78. The number of carbonyl (C=O) groups excluding carboxylic acids is 1. The third-order valence-corrected chi connectivity index (χ3v) is 7.30. The smallest absolute Gasteiger partial charge is 0.248 e. The van der Waals surface area contributed by atoms with Crippen LogP contribution in [0, 0.1) is 19.8 Å². The third kappa shape index (κ3) is 4.05. The molecule has 1 saturated heterocycles. The van der Waals surface area contributed by atoms with Crippen molar-refractivity contribution in [3.05, 3.63) is 11.5 Å². The van der Waals surface area contributed by atoms with Crippen LogP contribution < -0.4 is 5.73 Å². The van der Waals surface area contributed by atoms with Gasteiger partial charge in [0.05, 0.1) is 0 Å². The van der Waals surface area contributed by atoms with Gasteiger partial charge in [-0.2, -0.15) is 4.31 Å². The van der Waals surface area contributed by atoms with Gasteiger partial charge in [0.1, 0.15) is 10.6 Å². The Labute approximate surface area is 160 Å². The molecule has 148 valence electrons. The molecule has 0 spiro atoms. The van der Waals surface area contributed by atoms with Crippen LogP contribution in [0.5, 0.6) is 0 Å². The van der Waals surface area contributed by atoms with Crippen molar-refractivity contribution in [2.75, 3.05) is 26.2 Å². The summed E-state index contributed by atoms with van der Waals surface area (Å²) >= 11 is 0. The van der Waals surface area contributed by atoms with Gasteiger partial charge in [-0.25, -0.2) is 8.42 Å². The van der Waals surface area contributed by atoms with E-state index in [0.29, 0.717) is 37.5 Å². The molecule has 2 N–H and O–H groups in total. The quantitative estimate of drug-likeness (QED) is 0.803. The number of carbonyl (C=O) groups is 1. The van der Waals surface area contributed by atoms with Crippen molar-refractivity contribution in [3.8, 4) is 0 Å². The van der Waals surface area contributed by atoms with E-state index in [2.05, 4.69) is 5.16 Å². The molecular weight excluding hydrogens is 380 g/mol. The summed E-state index contributed by atoms with van der Waals surface area (Å²) in [5.74, 6) is 0.403. The van der Waals surface area contributed by atoms with Crippen LogP contribution in [0.3, 0.4) is 0 Å². The van der Waals surface area contributed by atoms with Gasteiger partial charge in [0.2, 0.25) is 15.9 Å². The topological polar surface area (TPSA) is 110 Å². The standard InChI is InChI=1S/C16H26N4O4S.ClH/c1-11-15(12(2)24-18-11)25(22,23)20-7-3-6-19(8-9-20)16(21)13-4-5-14(17)10-13;/h13-14H,3-10,17H2,1-2H3;1H. The van der Waals surface area contributed by atoms with Gasteiger partial charge in [0, 0.05) is 38.1 Å². The molecule has 1 saturated carbocycles. The van der Waals surface area contributed by atoms with E-state index in [0.717, 1.165) is 19.3 Å². The second-order valence-corrected chi connectivity index (χ2v) is 8.88. The van der Waals surface area contributed by atoms with Crippen molar-refractivity contribution < 1.29 is 17.7 Å². The monoisotopic (exact) mass is 406 g/mol. The highest BCUT2D eigenvalue weighted by atomic mass is 35.5. The van der Waals surface area contributed by atoms with Crippen molar-refractivity contribution in [2.45, 2.75) is 50.5 Å². The Bertz CT molecular complexity index is 732. The van der Waals surface area contributed by atoms with Crippen LogP contribution in [-0.4, -0.2) is 60.9 Å². The summed E-state index contributed by atoms with van der Waals surface area (Å²) in [5.41, 5.74) is 6.28. The molecule has 0 aromatic carbocycles. The van der Waals surface area contributed by atoms with Gasteiger partial charge in [-0.1, -0.05) is 5.16 Å². The van der Waals surface area contributed by atoms with E-state index < -0.39 is 10.0 Å². The molecular formula is C16H27ClN4O4S. The highest BCUT2D eigenvalue weighted by Crippen LogP contribution is 2.28. The number of nitrogens with two attached hydrogens (primary N) is 1. The Balaban J connectivity index is 0.00000243. The van der Waals surface area contributed by atoms with Crippen LogP contribution in [0.15, 0.2) is 9.42 Å². The van der Waals surface area contributed by atoms with Crippen LogP contribution >= 0.6 is 12.4 Å². The summed E-state index contributed by atoms with van der Waals surface area (Å²) in [7, 11) is -3.66. The molecule has 2 unspecified atom stereocenters. The summed E-state index contributed by atoms with van der Waals surface area (Å²) < 4.78 is 32.3. The number of aromatic nitrogens is 1. The molecule has 1 aliphatic heterocycles. The number of sulfonamides is 1. The first-order chi connectivity index (χ1) is 11.8. The van der Waals surface area contributed by atoms with Crippen LogP contribution in [0.25, 0.3) is 0 Å². The van der Waals surface area contributed by atoms with E-state index in [1.54, 1.807) is 18.7 Å². The largest absolute Gasteiger partial charge is 0.360 e.